The first-order chi connectivity index (χ1) is 15.4. The summed E-state index contributed by atoms with van der Waals surface area (Å²) in [4.78, 5) is 21.6. The lowest BCUT2D eigenvalue weighted by atomic mass is 9.92. The summed E-state index contributed by atoms with van der Waals surface area (Å²) in [5.74, 6) is 0.744. The number of allylic oxidation sites excluding steroid dienone is 4. The summed E-state index contributed by atoms with van der Waals surface area (Å²) in [5.41, 5.74) is 5.57. The molecule has 4 heterocycles. The number of aromatic nitrogens is 3. The van der Waals surface area contributed by atoms with E-state index in [-0.39, 0.29) is 11.8 Å². The van der Waals surface area contributed by atoms with Gasteiger partial charge in [-0.2, -0.15) is 5.10 Å². The highest BCUT2D eigenvalue weighted by atomic mass is 16.5. The van der Waals surface area contributed by atoms with Crippen LogP contribution in [0.4, 0.5) is 0 Å². The SMILES string of the molecule is CCc1nc(C)cn2nc(C3=CC(=O)N4C=C(OCCN(C)C)C=CC4=CCC3C)cc12. The fourth-order valence-electron chi connectivity index (χ4n) is 3.96. The Kier molecular flexibility index (Phi) is 6.28. The Bertz CT molecular complexity index is 1150. The third-order valence-corrected chi connectivity index (χ3v) is 5.77. The smallest absolute Gasteiger partial charge is 0.255 e. The Hall–Kier alpha value is -3.19. The van der Waals surface area contributed by atoms with Gasteiger partial charge in [-0.25, -0.2) is 4.52 Å². The van der Waals surface area contributed by atoms with E-state index in [9.17, 15) is 4.79 Å². The molecule has 0 N–H and O–H groups in total. The van der Waals surface area contributed by atoms with Crippen molar-refractivity contribution in [3.8, 4) is 0 Å². The second-order valence-corrected chi connectivity index (χ2v) is 8.63. The van der Waals surface area contributed by atoms with E-state index in [1.807, 2.05) is 43.9 Å². The van der Waals surface area contributed by atoms with Gasteiger partial charge >= 0.3 is 0 Å². The number of fused-ring (bicyclic) bond motifs is 2. The Morgan fingerprint density at radius 1 is 1.28 bits per heavy atom. The van der Waals surface area contributed by atoms with Gasteiger partial charge in [-0.05, 0) is 63.6 Å². The molecule has 32 heavy (non-hydrogen) atoms. The third kappa shape index (κ3) is 4.53. The van der Waals surface area contributed by atoms with Gasteiger partial charge in [-0.15, -0.1) is 0 Å². The Morgan fingerprint density at radius 2 is 2.09 bits per heavy atom. The van der Waals surface area contributed by atoms with Crippen molar-refractivity contribution < 1.29 is 9.53 Å². The van der Waals surface area contributed by atoms with Crippen molar-refractivity contribution in [2.45, 2.75) is 33.6 Å². The molecule has 1 unspecified atom stereocenters. The number of amides is 1. The molecule has 2 aromatic heterocycles. The summed E-state index contributed by atoms with van der Waals surface area (Å²) in [6.07, 6.45) is 13.1. The normalized spacial score (nSPS) is 18.8. The molecule has 0 saturated heterocycles. The number of aryl methyl sites for hydroxylation is 2. The van der Waals surface area contributed by atoms with E-state index in [4.69, 9.17) is 9.84 Å². The standard InChI is InChI=1S/C25H31N5O2/c1-6-22-24-14-23(27-30(24)15-18(3)26-22)21-13-25(31)29-16-20(32-12-11-28(4)5)10-9-19(29)8-7-17(21)2/h8-10,13-17H,6-7,11-12H2,1-5H3. The van der Waals surface area contributed by atoms with Gasteiger partial charge in [0, 0.05) is 18.3 Å². The van der Waals surface area contributed by atoms with Gasteiger partial charge < -0.3 is 9.64 Å². The van der Waals surface area contributed by atoms with E-state index in [1.54, 1.807) is 17.2 Å². The van der Waals surface area contributed by atoms with Gasteiger partial charge in [0.1, 0.15) is 12.4 Å². The molecular weight excluding hydrogens is 402 g/mol. The minimum atomic E-state index is -0.0991. The molecule has 7 heteroatoms. The minimum absolute atomic E-state index is 0.0991. The van der Waals surface area contributed by atoms with Crippen LogP contribution in [-0.4, -0.2) is 57.6 Å². The second-order valence-electron chi connectivity index (χ2n) is 8.63. The van der Waals surface area contributed by atoms with Crippen LogP contribution in [-0.2, 0) is 16.0 Å². The minimum Gasteiger partial charge on any atom is -0.491 e. The van der Waals surface area contributed by atoms with Crippen LogP contribution in [0.15, 0.2) is 54.2 Å². The number of likely N-dealkylation sites (N-methyl/N-ethyl adjacent to an activating group) is 1. The summed E-state index contributed by atoms with van der Waals surface area (Å²) in [6.45, 7) is 7.58. The summed E-state index contributed by atoms with van der Waals surface area (Å²) in [6, 6.07) is 2.05. The molecule has 0 bridgehead atoms. The fourth-order valence-corrected chi connectivity index (χ4v) is 3.96. The van der Waals surface area contributed by atoms with Crippen molar-refractivity contribution in [1.29, 1.82) is 0 Å². The molecule has 168 valence electrons. The highest BCUT2D eigenvalue weighted by Crippen LogP contribution is 2.31. The maximum atomic E-state index is 13.3. The van der Waals surface area contributed by atoms with E-state index < -0.39 is 0 Å². The number of hydrogen-bond acceptors (Lipinski definition) is 5. The van der Waals surface area contributed by atoms with Crippen molar-refractivity contribution >= 4 is 17.0 Å². The second kappa shape index (κ2) is 9.12. The Balaban J connectivity index is 1.65. The molecule has 1 atom stereocenters. The van der Waals surface area contributed by atoms with Crippen molar-refractivity contribution in [2.24, 2.45) is 5.92 Å². The van der Waals surface area contributed by atoms with Crippen LogP contribution in [0.25, 0.3) is 11.1 Å². The predicted molar refractivity (Wildman–Crippen MR) is 126 cm³/mol. The quantitative estimate of drug-likeness (QED) is 0.695. The number of nitrogens with zero attached hydrogens (tertiary/aromatic N) is 5. The van der Waals surface area contributed by atoms with E-state index in [0.29, 0.717) is 12.4 Å². The predicted octanol–water partition coefficient (Wildman–Crippen LogP) is 3.73. The summed E-state index contributed by atoms with van der Waals surface area (Å²) in [7, 11) is 4.01. The molecule has 2 aliphatic rings. The average molecular weight is 434 g/mol. The number of carbonyl (C=O) groups is 1. The lowest BCUT2D eigenvalue weighted by molar-refractivity contribution is -0.122. The molecule has 2 aromatic rings. The molecule has 0 radical (unpaired) electrons. The molecule has 1 amide bonds. The van der Waals surface area contributed by atoms with Crippen molar-refractivity contribution in [3.63, 3.8) is 0 Å². The van der Waals surface area contributed by atoms with Crippen LogP contribution in [0.1, 0.15) is 37.4 Å². The topological polar surface area (TPSA) is 63.0 Å². The molecule has 0 spiro atoms. The molecule has 0 saturated carbocycles. The highest BCUT2D eigenvalue weighted by molar-refractivity contribution is 5.98. The van der Waals surface area contributed by atoms with Crippen molar-refractivity contribution in [1.82, 2.24) is 24.4 Å². The molecular formula is C25H31N5O2. The van der Waals surface area contributed by atoms with Crippen LogP contribution in [0.5, 0.6) is 0 Å². The summed E-state index contributed by atoms with van der Waals surface area (Å²) in [5, 5.41) is 4.80. The van der Waals surface area contributed by atoms with Gasteiger partial charge in [0.15, 0.2) is 0 Å². The molecule has 2 aliphatic heterocycles. The monoisotopic (exact) mass is 433 g/mol. The van der Waals surface area contributed by atoms with Crippen LogP contribution in [0.2, 0.25) is 0 Å². The molecule has 0 fully saturated rings. The maximum absolute atomic E-state index is 13.3. The van der Waals surface area contributed by atoms with Crippen LogP contribution < -0.4 is 0 Å². The van der Waals surface area contributed by atoms with E-state index >= 15 is 0 Å². The van der Waals surface area contributed by atoms with E-state index in [2.05, 4.69) is 35.9 Å². The number of ether oxygens (including phenoxy) is 1. The Labute approximate surface area is 189 Å². The highest BCUT2D eigenvalue weighted by Gasteiger charge is 2.24. The first-order valence-corrected chi connectivity index (χ1v) is 11.1. The van der Waals surface area contributed by atoms with Gasteiger partial charge in [0.2, 0.25) is 0 Å². The third-order valence-electron chi connectivity index (χ3n) is 5.77. The lowest BCUT2D eigenvalue weighted by Gasteiger charge is -2.26. The van der Waals surface area contributed by atoms with Gasteiger partial charge in [0.25, 0.3) is 5.91 Å². The molecule has 4 rings (SSSR count). The van der Waals surface area contributed by atoms with E-state index in [0.717, 1.165) is 53.3 Å². The molecule has 0 aliphatic carbocycles. The fraction of sp³-hybridized carbons (Fsp3) is 0.400. The zero-order valence-corrected chi connectivity index (χ0v) is 19.5. The van der Waals surface area contributed by atoms with Gasteiger partial charge in [-0.1, -0.05) is 19.9 Å². The Morgan fingerprint density at radius 3 is 2.84 bits per heavy atom. The zero-order chi connectivity index (χ0) is 22.8. The number of rotatable bonds is 6. The van der Waals surface area contributed by atoms with E-state index in [1.165, 1.54) is 0 Å². The zero-order valence-electron chi connectivity index (χ0n) is 19.5. The maximum Gasteiger partial charge on any atom is 0.255 e. The van der Waals surface area contributed by atoms with Crippen LogP contribution in [0, 0.1) is 12.8 Å². The van der Waals surface area contributed by atoms with Gasteiger partial charge in [0.05, 0.1) is 35.0 Å². The number of hydrogen-bond donors (Lipinski definition) is 0. The largest absolute Gasteiger partial charge is 0.491 e. The average Bonchev–Trinajstić information content (AvgIpc) is 3.17. The molecule has 0 aromatic carbocycles. The summed E-state index contributed by atoms with van der Waals surface area (Å²) >= 11 is 0. The number of carbonyl (C=O) groups excluding carboxylic acids is 1. The van der Waals surface area contributed by atoms with Crippen molar-refractivity contribution in [3.05, 3.63) is 71.3 Å². The first kappa shape index (κ1) is 22.0. The van der Waals surface area contributed by atoms with Crippen LogP contribution >= 0.6 is 0 Å². The lowest BCUT2D eigenvalue weighted by Crippen LogP contribution is -2.27. The van der Waals surface area contributed by atoms with Gasteiger partial charge in [-0.3, -0.25) is 14.7 Å². The molecule has 7 nitrogen and oxygen atoms in total. The summed E-state index contributed by atoms with van der Waals surface area (Å²) < 4.78 is 7.72. The van der Waals surface area contributed by atoms with Crippen LogP contribution in [0.3, 0.4) is 0 Å². The van der Waals surface area contributed by atoms with Crippen molar-refractivity contribution in [2.75, 3.05) is 27.2 Å². The first-order valence-electron chi connectivity index (χ1n) is 11.1.